The van der Waals surface area contributed by atoms with E-state index in [4.69, 9.17) is 19.9 Å². The second kappa shape index (κ2) is 6.05. The van der Waals surface area contributed by atoms with E-state index in [9.17, 15) is 0 Å². The average molecular weight is 338 g/mol. The van der Waals surface area contributed by atoms with Gasteiger partial charge < -0.3 is 19.9 Å². The number of halogens is 1. The maximum absolute atomic E-state index is 5.87. The predicted molar refractivity (Wildman–Crippen MR) is 82.9 cm³/mol. The summed E-state index contributed by atoms with van der Waals surface area (Å²) in [6.45, 7) is 1.93. The lowest BCUT2D eigenvalue weighted by Crippen LogP contribution is -1.94. The van der Waals surface area contributed by atoms with Crippen LogP contribution in [0.15, 0.2) is 34.8 Å². The summed E-state index contributed by atoms with van der Waals surface area (Å²) in [4.78, 5) is 0. The molecule has 0 fully saturated rings. The maximum atomic E-state index is 5.87. The van der Waals surface area contributed by atoms with Crippen LogP contribution in [-0.4, -0.2) is 14.2 Å². The molecule has 2 aromatic rings. The van der Waals surface area contributed by atoms with Crippen molar-refractivity contribution < 1.29 is 14.2 Å². The molecule has 2 rings (SSSR count). The molecule has 106 valence electrons. The van der Waals surface area contributed by atoms with Crippen LogP contribution in [0.4, 0.5) is 5.69 Å². The first kappa shape index (κ1) is 14.5. The molecule has 4 nitrogen and oxygen atoms in total. The van der Waals surface area contributed by atoms with E-state index in [1.54, 1.807) is 32.4 Å². The Morgan fingerprint density at radius 2 is 1.45 bits per heavy atom. The first-order chi connectivity index (χ1) is 9.53. The molecular formula is C15H16BrNO3. The first-order valence-corrected chi connectivity index (χ1v) is 6.79. The third-order valence-electron chi connectivity index (χ3n) is 2.87. The number of anilines is 1. The number of ether oxygens (including phenoxy) is 3. The van der Waals surface area contributed by atoms with Gasteiger partial charge >= 0.3 is 0 Å². The first-order valence-electron chi connectivity index (χ1n) is 6.00. The molecule has 0 unspecified atom stereocenters. The van der Waals surface area contributed by atoms with E-state index in [2.05, 4.69) is 15.9 Å². The van der Waals surface area contributed by atoms with E-state index >= 15 is 0 Å². The molecule has 2 N–H and O–H groups in total. The van der Waals surface area contributed by atoms with E-state index in [0.717, 1.165) is 10.0 Å². The van der Waals surface area contributed by atoms with Crippen LogP contribution in [0.3, 0.4) is 0 Å². The van der Waals surface area contributed by atoms with Crippen LogP contribution in [-0.2, 0) is 0 Å². The van der Waals surface area contributed by atoms with Gasteiger partial charge in [0.25, 0.3) is 0 Å². The standard InChI is InChI=1S/C15H16BrNO3/c1-9-4-15(13(16)8-14(9)17)20-12-6-10(18-2)5-11(7-12)19-3/h4-8H,17H2,1-3H3. The fraction of sp³-hybridized carbons (Fsp3) is 0.200. The van der Waals surface area contributed by atoms with Crippen molar-refractivity contribution in [3.05, 3.63) is 40.4 Å². The lowest BCUT2D eigenvalue weighted by molar-refractivity contribution is 0.386. The highest BCUT2D eigenvalue weighted by Gasteiger charge is 2.08. The number of nitrogens with two attached hydrogens (primary N) is 1. The van der Waals surface area contributed by atoms with Crippen molar-refractivity contribution in [2.45, 2.75) is 6.92 Å². The Kier molecular flexibility index (Phi) is 4.39. The van der Waals surface area contributed by atoms with E-state index < -0.39 is 0 Å². The molecule has 0 amide bonds. The Labute approximate surface area is 126 Å². The van der Waals surface area contributed by atoms with Crippen LogP contribution >= 0.6 is 15.9 Å². The number of benzene rings is 2. The van der Waals surface area contributed by atoms with Crippen molar-refractivity contribution in [2.75, 3.05) is 20.0 Å². The minimum atomic E-state index is 0.631. The van der Waals surface area contributed by atoms with E-state index in [-0.39, 0.29) is 0 Å². The van der Waals surface area contributed by atoms with Gasteiger partial charge in [-0.2, -0.15) is 0 Å². The Balaban J connectivity index is 2.36. The lowest BCUT2D eigenvalue weighted by atomic mass is 10.2. The fourth-order valence-corrected chi connectivity index (χ4v) is 2.16. The minimum absolute atomic E-state index is 0.631. The Hall–Kier alpha value is -1.88. The molecule has 5 heteroatoms. The van der Waals surface area contributed by atoms with Crippen LogP contribution in [0.5, 0.6) is 23.0 Å². The zero-order valence-corrected chi connectivity index (χ0v) is 13.2. The molecule has 0 bridgehead atoms. The number of hydrogen-bond donors (Lipinski definition) is 1. The topological polar surface area (TPSA) is 53.7 Å². The van der Waals surface area contributed by atoms with Crippen molar-refractivity contribution in [1.82, 2.24) is 0 Å². The van der Waals surface area contributed by atoms with Crippen molar-refractivity contribution in [3.63, 3.8) is 0 Å². The van der Waals surface area contributed by atoms with Gasteiger partial charge in [0.2, 0.25) is 0 Å². The van der Waals surface area contributed by atoms with Crippen molar-refractivity contribution in [3.8, 4) is 23.0 Å². The summed E-state index contributed by atoms with van der Waals surface area (Å²) >= 11 is 3.44. The molecule has 20 heavy (non-hydrogen) atoms. The third kappa shape index (κ3) is 3.17. The summed E-state index contributed by atoms with van der Waals surface area (Å²) in [7, 11) is 3.20. The van der Waals surface area contributed by atoms with Crippen LogP contribution < -0.4 is 19.9 Å². The van der Waals surface area contributed by atoms with Gasteiger partial charge in [-0.25, -0.2) is 0 Å². The molecular weight excluding hydrogens is 322 g/mol. The maximum Gasteiger partial charge on any atom is 0.142 e. The molecule has 0 aliphatic carbocycles. The second-order valence-corrected chi connectivity index (χ2v) is 5.14. The Bertz CT molecular complexity index is 607. The third-order valence-corrected chi connectivity index (χ3v) is 3.49. The summed E-state index contributed by atoms with van der Waals surface area (Å²) in [5.74, 6) is 2.66. The Morgan fingerprint density at radius 1 is 0.900 bits per heavy atom. The van der Waals surface area contributed by atoms with Crippen LogP contribution in [0.1, 0.15) is 5.56 Å². The SMILES string of the molecule is COc1cc(OC)cc(Oc2cc(C)c(N)cc2Br)c1. The van der Waals surface area contributed by atoms with Gasteiger partial charge in [0.1, 0.15) is 23.0 Å². The average Bonchev–Trinajstić information content (AvgIpc) is 2.44. The van der Waals surface area contributed by atoms with Gasteiger partial charge in [0.05, 0.1) is 18.7 Å². The molecule has 0 saturated carbocycles. The molecule has 0 heterocycles. The summed E-state index contributed by atoms with van der Waals surface area (Å²) in [6, 6.07) is 9.07. The highest BCUT2D eigenvalue weighted by atomic mass is 79.9. The largest absolute Gasteiger partial charge is 0.496 e. The summed E-state index contributed by atoms with van der Waals surface area (Å²) in [5.41, 5.74) is 7.52. The fourth-order valence-electron chi connectivity index (χ4n) is 1.72. The van der Waals surface area contributed by atoms with E-state index in [1.807, 2.05) is 19.1 Å². The van der Waals surface area contributed by atoms with E-state index in [0.29, 0.717) is 28.7 Å². The van der Waals surface area contributed by atoms with Gasteiger partial charge in [-0.05, 0) is 40.5 Å². The molecule has 0 atom stereocenters. The highest BCUT2D eigenvalue weighted by Crippen LogP contribution is 2.36. The quantitative estimate of drug-likeness (QED) is 0.851. The molecule has 0 aromatic heterocycles. The number of aryl methyl sites for hydroxylation is 1. The number of hydrogen-bond acceptors (Lipinski definition) is 4. The number of nitrogen functional groups attached to an aromatic ring is 1. The zero-order valence-electron chi connectivity index (χ0n) is 11.6. The van der Waals surface area contributed by atoms with Gasteiger partial charge in [-0.3, -0.25) is 0 Å². The second-order valence-electron chi connectivity index (χ2n) is 4.29. The van der Waals surface area contributed by atoms with Crippen molar-refractivity contribution in [2.24, 2.45) is 0 Å². The van der Waals surface area contributed by atoms with Gasteiger partial charge in [0, 0.05) is 23.9 Å². The van der Waals surface area contributed by atoms with Crippen LogP contribution in [0, 0.1) is 6.92 Å². The van der Waals surface area contributed by atoms with Crippen molar-refractivity contribution >= 4 is 21.6 Å². The molecule has 0 aliphatic rings. The Morgan fingerprint density at radius 3 is 2.00 bits per heavy atom. The normalized spacial score (nSPS) is 10.2. The van der Waals surface area contributed by atoms with Gasteiger partial charge in [0.15, 0.2) is 0 Å². The monoisotopic (exact) mass is 337 g/mol. The predicted octanol–water partition coefficient (Wildman–Crippen LogP) is 4.15. The zero-order chi connectivity index (χ0) is 14.7. The summed E-state index contributed by atoms with van der Waals surface area (Å²) in [6.07, 6.45) is 0. The minimum Gasteiger partial charge on any atom is -0.496 e. The van der Waals surface area contributed by atoms with Crippen LogP contribution in [0.25, 0.3) is 0 Å². The molecule has 0 aliphatic heterocycles. The van der Waals surface area contributed by atoms with Crippen LogP contribution in [0.2, 0.25) is 0 Å². The lowest BCUT2D eigenvalue weighted by Gasteiger charge is -2.12. The van der Waals surface area contributed by atoms with Crippen molar-refractivity contribution in [1.29, 1.82) is 0 Å². The molecule has 0 radical (unpaired) electrons. The smallest absolute Gasteiger partial charge is 0.142 e. The van der Waals surface area contributed by atoms with Gasteiger partial charge in [-0.1, -0.05) is 0 Å². The highest BCUT2D eigenvalue weighted by molar-refractivity contribution is 9.10. The number of rotatable bonds is 4. The van der Waals surface area contributed by atoms with E-state index in [1.165, 1.54) is 0 Å². The molecule has 0 spiro atoms. The molecule has 2 aromatic carbocycles. The summed E-state index contributed by atoms with van der Waals surface area (Å²) < 4.78 is 17.1. The number of methoxy groups -OCH3 is 2. The molecule has 0 saturated heterocycles. The van der Waals surface area contributed by atoms with Gasteiger partial charge in [-0.15, -0.1) is 0 Å². The summed E-state index contributed by atoms with van der Waals surface area (Å²) in [5, 5.41) is 0.